The van der Waals surface area contributed by atoms with Gasteiger partial charge in [0, 0.05) is 6.54 Å². The topological polar surface area (TPSA) is 38.3 Å². The van der Waals surface area contributed by atoms with Crippen molar-refractivity contribution in [1.82, 2.24) is 5.48 Å². The molecule has 0 amide bonds. The fourth-order valence-electron chi connectivity index (χ4n) is 0.602. The molecule has 0 aromatic carbocycles. The minimum atomic E-state index is 0.399. The molecule has 0 spiro atoms. The summed E-state index contributed by atoms with van der Waals surface area (Å²) in [5.74, 6) is 0.697. The fraction of sp³-hybridized carbons (Fsp3) is 0.857. The lowest BCUT2D eigenvalue weighted by molar-refractivity contribution is -0.135. The van der Waals surface area contributed by atoms with E-state index >= 15 is 0 Å². The van der Waals surface area contributed by atoms with Crippen molar-refractivity contribution < 1.29 is 9.63 Å². The van der Waals surface area contributed by atoms with Crippen LogP contribution in [0.4, 0.5) is 0 Å². The molecule has 0 heterocycles. The summed E-state index contributed by atoms with van der Waals surface area (Å²) in [7, 11) is 0. The van der Waals surface area contributed by atoms with E-state index in [1.807, 2.05) is 0 Å². The Morgan fingerprint density at radius 2 is 2.40 bits per heavy atom. The second kappa shape index (κ2) is 6.55. The van der Waals surface area contributed by atoms with Crippen LogP contribution >= 0.6 is 0 Å². The van der Waals surface area contributed by atoms with Crippen molar-refractivity contribution >= 4 is 6.47 Å². The fourth-order valence-corrected chi connectivity index (χ4v) is 0.602. The average molecular weight is 145 g/mol. The van der Waals surface area contributed by atoms with Crippen LogP contribution in [-0.4, -0.2) is 13.0 Å². The van der Waals surface area contributed by atoms with E-state index in [0.29, 0.717) is 12.4 Å². The molecule has 0 aliphatic rings. The highest BCUT2D eigenvalue weighted by Crippen LogP contribution is 2.03. The maximum absolute atomic E-state index is 9.63. The molecule has 60 valence electrons. The highest BCUT2D eigenvalue weighted by Gasteiger charge is 1.96. The van der Waals surface area contributed by atoms with Crippen LogP contribution in [0.25, 0.3) is 0 Å². The number of carbonyl (C=O) groups is 1. The Balaban J connectivity index is 2.95. The zero-order valence-corrected chi connectivity index (χ0v) is 6.59. The molecule has 0 rings (SSSR count). The van der Waals surface area contributed by atoms with Gasteiger partial charge < -0.3 is 4.84 Å². The smallest absolute Gasteiger partial charge is 0.312 e. The van der Waals surface area contributed by atoms with Crippen LogP contribution < -0.4 is 5.48 Å². The minimum absolute atomic E-state index is 0.399. The molecule has 3 nitrogen and oxygen atoms in total. The quantitative estimate of drug-likeness (QED) is 0.345. The summed E-state index contributed by atoms with van der Waals surface area (Å²) < 4.78 is 0. The number of hydrogen-bond donors (Lipinski definition) is 1. The Morgan fingerprint density at radius 3 is 2.90 bits per heavy atom. The highest BCUT2D eigenvalue weighted by atomic mass is 16.7. The third-order valence-electron chi connectivity index (χ3n) is 1.57. The molecular formula is C7H15NO2. The van der Waals surface area contributed by atoms with Crippen LogP contribution in [0.3, 0.4) is 0 Å². The van der Waals surface area contributed by atoms with E-state index in [1.165, 1.54) is 6.42 Å². The van der Waals surface area contributed by atoms with Crippen molar-refractivity contribution in [3.05, 3.63) is 0 Å². The SMILES string of the molecule is CCC(C)CCNOC=O. The molecule has 0 saturated heterocycles. The summed E-state index contributed by atoms with van der Waals surface area (Å²) in [4.78, 5) is 13.9. The van der Waals surface area contributed by atoms with E-state index in [2.05, 4.69) is 24.2 Å². The van der Waals surface area contributed by atoms with Gasteiger partial charge in [0.15, 0.2) is 0 Å². The zero-order valence-electron chi connectivity index (χ0n) is 6.59. The molecule has 3 heteroatoms. The van der Waals surface area contributed by atoms with Gasteiger partial charge in [-0.05, 0) is 12.3 Å². The number of carbonyl (C=O) groups excluding carboxylic acids is 1. The lowest BCUT2D eigenvalue weighted by Gasteiger charge is -2.06. The average Bonchev–Trinajstić information content (AvgIpc) is 1.98. The van der Waals surface area contributed by atoms with E-state index in [-0.39, 0.29) is 0 Å². The van der Waals surface area contributed by atoms with Gasteiger partial charge >= 0.3 is 6.47 Å². The molecule has 0 fully saturated rings. The standard InChI is InChI=1S/C7H15NO2/c1-3-7(2)4-5-8-10-6-9/h6-8H,3-5H2,1-2H3. The van der Waals surface area contributed by atoms with Crippen molar-refractivity contribution in [2.45, 2.75) is 26.7 Å². The van der Waals surface area contributed by atoms with Crippen LogP contribution in [0, 0.1) is 5.92 Å². The van der Waals surface area contributed by atoms with Gasteiger partial charge in [0.25, 0.3) is 0 Å². The Hall–Kier alpha value is -0.570. The minimum Gasteiger partial charge on any atom is -0.374 e. The predicted molar refractivity (Wildman–Crippen MR) is 39.2 cm³/mol. The second-order valence-electron chi connectivity index (χ2n) is 2.41. The van der Waals surface area contributed by atoms with Crippen molar-refractivity contribution in [3.63, 3.8) is 0 Å². The summed E-state index contributed by atoms with van der Waals surface area (Å²) in [5, 5.41) is 0. The molecular weight excluding hydrogens is 130 g/mol. The van der Waals surface area contributed by atoms with E-state index in [9.17, 15) is 4.79 Å². The molecule has 0 aromatic heterocycles. The van der Waals surface area contributed by atoms with Crippen molar-refractivity contribution in [3.8, 4) is 0 Å². The third-order valence-corrected chi connectivity index (χ3v) is 1.57. The summed E-state index contributed by atoms with van der Waals surface area (Å²) in [5.41, 5.74) is 2.53. The first-order valence-electron chi connectivity index (χ1n) is 3.63. The van der Waals surface area contributed by atoms with Crippen LogP contribution in [-0.2, 0) is 9.63 Å². The molecule has 10 heavy (non-hydrogen) atoms. The number of hydrogen-bond acceptors (Lipinski definition) is 3. The molecule has 0 aliphatic heterocycles. The predicted octanol–water partition coefficient (Wildman–Crippen LogP) is 1.10. The van der Waals surface area contributed by atoms with Gasteiger partial charge in [-0.2, -0.15) is 5.48 Å². The van der Waals surface area contributed by atoms with Crippen LogP contribution in [0.5, 0.6) is 0 Å². The lowest BCUT2D eigenvalue weighted by Crippen LogP contribution is -2.16. The lowest BCUT2D eigenvalue weighted by atomic mass is 10.1. The molecule has 0 saturated carbocycles. The molecule has 0 bridgehead atoms. The third kappa shape index (κ3) is 5.56. The molecule has 1 atom stereocenters. The van der Waals surface area contributed by atoms with Gasteiger partial charge in [-0.1, -0.05) is 20.3 Å². The van der Waals surface area contributed by atoms with Gasteiger partial charge in [-0.3, -0.25) is 4.79 Å². The van der Waals surface area contributed by atoms with Gasteiger partial charge in [0.2, 0.25) is 0 Å². The highest BCUT2D eigenvalue weighted by molar-refractivity contribution is 5.36. The van der Waals surface area contributed by atoms with E-state index in [4.69, 9.17) is 0 Å². The number of nitrogens with one attached hydrogen (secondary N) is 1. The molecule has 1 unspecified atom stereocenters. The summed E-state index contributed by atoms with van der Waals surface area (Å²) >= 11 is 0. The monoisotopic (exact) mass is 145 g/mol. The maximum atomic E-state index is 9.63. The van der Waals surface area contributed by atoms with E-state index < -0.39 is 0 Å². The van der Waals surface area contributed by atoms with Crippen molar-refractivity contribution in [2.24, 2.45) is 5.92 Å². The Bertz CT molecular complexity index is 85.7. The Kier molecular flexibility index (Phi) is 6.18. The van der Waals surface area contributed by atoms with Gasteiger partial charge in [-0.25, -0.2) is 0 Å². The van der Waals surface area contributed by atoms with Gasteiger partial charge in [0.05, 0.1) is 0 Å². The van der Waals surface area contributed by atoms with Crippen LogP contribution in [0.1, 0.15) is 26.7 Å². The van der Waals surface area contributed by atoms with Crippen molar-refractivity contribution in [1.29, 1.82) is 0 Å². The normalized spacial score (nSPS) is 12.6. The van der Waals surface area contributed by atoms with Crippen LogP contribution in [0.2, 0.25) is 0 Å². The maximum Gasteiger partial charge on any atom is 0.312 e. The Morgan fingerprint density at radius 1 is 1.70 bits per heavy atom. The summed E-state index contributed by atoms with van der Waals surface area (Å²) in [6.45, 7) is 5.46. The summed E-state index contributed by atoms with van der Waals surface area (Å²) in [6, 6.07) is 0. The first-order chi connectivity index (χ1) is 4.81. The van der Waals surface area contributed by atoms with Gasteiger partial charge in [0.1, 0.15) is 0 Å². The molecule has 0 radical (unpaired) electrons. The Labute approximate surface area is 61.7 Å². The molecule has 0 aliphatic carbocycles. The van der Waals surface area contributed by atoms with Crippen molar-refractivity contribution in [2.75, 3.05) is 6.54 Å². The summed E-state index contributed by atoms with van der Waals surface area (Å²) in [6.07, 6.45) is 2.22. The van der Waals surface area contributed by atoms with E-state index in [0.717, 1.165) is 13.0 Å². The first kappa shape index (κ1) is 9.43. The van der Waals surface area contributed by atoms with E-state index in [1.54, 1.807) is 0 Å². The molecule has 1 N–H and O–H groups in total. The van der Waals surface area contributed by atoms with Crippen LogP contribution in [0.15, 0.2) is 0 Å². The first-order valence-corrected chi connectivity index (χ1v) is 3.63. The number of rotatable bonds is 6. The zero-order chi connectivity index (χ0) is 7.82. The largest absolute Gasteiger partial charge is 0.374 e. The van der Waals surface area contributed by atoms with Gasteiger partial charge in [-0.15, -0.1) is 0 Å². The molecule has 0 aromatic rings. The number of hydroxylamine groups is 1. The second-order valence-corrected chi connectivity index (χ2v) is 2.41.